The topological polar surface area (TPSA) is 79.3 Å². The van der Waals surface area contributed by atoms with Gasteiger partial charge in [0.2, 0.25) is 10.0 Å². The fourth-order valence-corrected chi connectivity index (χ4v) is 7.42. The summed E-state index contributed by atoms with van der Waals surface area (Å²) in [5.74, 6) is 1.78. The molecule has 0 radical (unpaired) electrons. The predicted octanol–water partition coefficient (Wildman–Crippen LogP) is 4.64. The summed E-state index contributed by atoms with van der Waals surface area (Å²) in [7, 11) is -0.0847. The van der Waals surface area contributed by atoms with E-state index in [2.05, 4.69) is 11.9 Å². The number of hydrogen-bond acceptors (Lipinski definition) is 6. The molecule has 0 aromatic heterocycles. The molecule has 4 rings (SSSR count). The number of nitrogens with zero attached hydrogens (tertiary/aromatic N) is 2. The van der Waals surface area contributed by atoms with Gasteiger partial charge in [0.1, 0.15) is 22.5 Å². The highest BCUT2D eigenvalue weighted by molar-refractivity contribution is 7.89. The molecule has 0 spiro atoms. The van der Waals surface area contributed by atoms with E-state index in [-0.39, 0.29) is 23.5 Å². The number of benzene rings is 2. The standard InChI is InChI=1S/C29H42N2O5S/c1-21-17-31(22(2)20-32)37(33,34)29-15-12-25(24-10-13-26(35-4)14-11-24)16-27(29)36-28(21)19-30(3)18-23-8-6-5-7-9-23/h10-16,21-23,28,32H,5-9,17-20H2,1-4H3/t21-,22-,28-/m0/s1. The van der Waals surface area contributed by atoms with Crippen molar-refractivity contribution in [2.45, 2.75) is 63.0 Å². The fraction of sp³-hybridized carbons (Fsp3) is 0.586. The molecule has 8 heteroatoms. The summed E-state index contributed by atoms with van der Waals surface area (Å²) in [5, 5.41) is 9.89. The zero-order chi connectivity index (χ0) is 26.6. The largest absolute Gasteiger partial charge is 0.497 e. The van der Waals surface area contributed by atoms with E-state index >= 15 is 0 Å². The number of hydrogen-bond donors (Lipinski definition) is 1. The average Bonchev–Trinajstić information content (AvgIpc) is 2.90. The van der Waals surface area contributed by atoms with Crippen molar-refractivity contribution in [1.82, 2.24) is 9.21 Å². The van der Waals surface area contributed by atoms with E-state index in [0.29, 0.717) is 24.8 Å². The molecule has 7 nitrogen and oxygen atoms in total. The van der Waals surface area contributed by atoms with Crippen LogP contribution >= 0.6 is 0 Å². The van der Waals surface area contributed by atoms with E-state index in [1.54, 1.807) is 20.1 Å². The molecule has 1 N–H and O–H groups in total. The van der Waals surface area contributed by atoms with Gasteiger partial charge in [-0.25, -0.2) is 8.42 Å². The van der Waals surface area contributed by atoms with Gasteiger partial charge in [-0.15, -0.1) is 0 Å². The molecule has 0 saturated heterocycles. The number of sulfonamides is 1. The monoisotopic (exact) mass is 530 g/mol. The summed E-state index contributed by atoms with van der Waals surface area (Å²) in [4.78, 5) is 2.50. The van der Waals surface area contributed by atoms with Gasteiger partial charge < -0.3 is 19.5 Å². The van der Waals surface area contributed by atoms with Crippen LogP contribution in [0.1, 0.15) is 46.0 Å². The van der Waals surface area contributed by atoms with E-state index in [1.165, 1.54) is 36.4 Å². The van der Waals surface area contributed by atoms with Crippen molar-refractivity contribution in [2.75, 3.05) is 40.4 Å². The van der Waals surface area contributed by atoms with E-state index in [4.69, 9.17) is 9.47 Å². The number of ether oxygens (including phenoxy) is 2. The van der Waals surface area contributed by atoms with Gasteiger partial charge in [0.05, 0.1) is 13.7 Å². The second-order valence-corrected chi connectivity index (χ2v) is 12.7. The number of methoxy groups -OCH3 is 1. The minimum atomic E-state index is -3.86. The molecule has 3 atom stereocenters. The Morgan fingerprint density at radius 2 is 1.76 bits per heavy atom. The number of fused-ring (bicyclic) bond motifs is 1. The maximum Gasteiger partial charge on any atom is 0.247 e. The molecule has 37 heavy (non-hydrogen) atoms. The molecule has 204 valence electrons. The van der Waals surface area contributed by atoms with Gasteiger partial charge in [0, 0.05) is 31.6 Å². The van der Waals surface area contributed by atoms with Crippen molar-refractivity contribution in [3.63, 3.8) is 0 Å². The molecule has 0 unspecified atom stereocenters. The van der Waals surface area contributed by atoms with Crippen molar-refractivity contribution < 1.29 is 23.0 Å². The van der Waals surface area contributed by atoms with Gasteiger partial charge in [-0.3, -0.25) is 0 Å². The molecule has 1 aliphatic carbocycles. The summed E-state index contributed by atoms with van der Waals surface area (Å²) in [6, 6.07) is 12.5. The second-order valence-electron chi connectivity index (χ2n) is 10.9. The molecule has 0 bridgehead atoms. The Balaban J connectivity index is 1.68. The van der Waals surface area contributed by atoms with Gasteiger partial charge in [-0.05, 0) is 68.1 Å². The lowest BCUT2D eigenvalue weighted by Gasteiger charge is -2.38. The van der Waals surface area contributed by atoms with Crippen LogP contribution in [-0.4, -0.2) is 75.3 Å². The van der Waals surface area contributed by atoms with Crippen LogP contribution < -0.4 is 9.47 Å². The third-order valence-corrected chi connectivity index (χ3v) is 9.90. The van der Waals surface area contributed by atoms with E-state index in [0.717, 1.165) is 23.4 Å². The maximum atomic E-state index is 13.8. The molecule has 1 fully saturated rings. The highest BCUT2D eigenvalue weighted by Crippen LogP contribution is 2.37. The molecular formula is C29H42N2O5S. The van der Waals surface area contributed by atoms with Crippen LogP contribution in [0.25, 0.3) is 11.1 Å². The first-order chi connectivity index (χ1) is 17.7. The molecule has 0 amide bonds. The van der Waals surface area contributed by atoms with Crippen LogP contribution in [0.15, 0.2) is 47.4 Å². The van der Waals surface area contributed by atoms with Crippen molar-refractivity contribution in [3.8, 4) is 22.6 Å². The number of likely N-dealkylation sites (N-methyl/N-ethyl adjacent to an activating group) is 1. The third-order valence-electron chi connectivity index (χ3n) is 7.88. The quantitative estimate of drug-likeness (QED) is 0.536. The average molecular weight is 531 g/mol. The molecular weight excluding hydrogens is 488 g/mol. The van der Waals surface area contributed by atoms with Crippen molar-refractivity contribution in [2.24, 2.45) is 11.8 Å². The summed E-state index contributed by atoms with van der Waals surface area (Å²) in [5.41, 5.74) is 1.83. The van der Waals surface area contributed by atoms with Crippen molar-refractivity contribution >= 4 is 10.0 Å². The van der Waals surface area contributed by atoms with Crippen LogP contribution in [0.4, 0.5) is 0 Å². The van der Waals surface area contributed by atoms with Gasteiger partial charge in [-0.2, -0.15) is 4.31 Å². The van der Waals surface area contributed by atoms with E-state index in [9.17, 15) is 13.5 Å². The predicted molar refractivity (Wildman–Crippen MR) is 147 cm³/mol. The lowest BCUT2D eigenvalue weighted by atomic mass is 9.89. The molecule has 1 aliphatic heterocycles. The summed E-state index contributed by atoms with van der Waals surface area (Å²) >= 11 is 0. The molecule has 2 aliphatic rings. The lowest BCUT2D eigenvalue weighted by molar-refractivity contribution is 0.0689. The Labute approximate surface area is 222 Å². The zero-order valence-electron chi connectivity index (χ0n) is 22.6. The molecule has 2 aromatic rings. The first-order valence-corrected chi connectivity index (χ1v) is 14.9. The van der Waals surface area contributed by atoms with Crippen LogP contribution in [0.2, 0.25) is 0 Å². The Morgan fingerprint density at radius 1 is 1.08 bits per heavy atom. The summed E-state index contributed by atoms with van der Waals surface area (Å²) < 4.78 is 40.8. The minimum Gasteiger partial charge on any atom is -0.497 e. The molecule has 2 aromatic carbocycles. The maximum absolute atomic E-state index is 13.8. The Morgan fingerprint density at radius 3 is 2.41 bits per heavy atom. The summed E-state index contributed by atoms with van der Waals surface area (Å²) in [6.07, 6.45) is 6.31. The van der Waals surface area contributed by atoms with Crippen LogP contribution in [0, 0.1) is 11.8 Å². The highest BCUT2D eigenvalue weighted by Gasteiger charge is 2.38. The second kappa shape index (κ2) is 12.2. The van der Waals surface area contributed by atoms with Gasteiger partial charge in [0.15, 0.2) is 0 Å². The summed E-state index contributed by atoms with van der Waals surface area (Å²) in [6.45, 7) is 5.60. The minimum absolute atomic E-state index is 0.0598. The van der Waals surface area contributed by atoms with E-state index in [1.807, 2.05) is 43.3 Å². The molecule has 1 heterocycles. The fourth-order valence-electron chi connectivity index (χ4n) is 5.60. The van der Waals surface area contributed by atoms with Crippen LogP contribution in [0.5, 0.6) is 11.5 Å². The van der Waals surface area contributed by atoms with E-state index < -0.39 is 16.1 Å². The first kappa shape index (κ1) is 27.9. The lowest BCUT2D eigenvalue weighted by Crippen LogP contribution is -2.49. The zero-order valence-corrected chi connectivity index (χ0v) is 23.4. The highest BCUT2D eigenvalue weighted by atomic mass is 32.2. The SMILES string of the molecule is COc1ccc(-c2ccc3c(c2)O[C@@H](CN(C)CC2CCCCC2)[C@@H](C)CN([C@@H](C)CO)S3(=O)=O)cc1. The number of rotatable bonds is 8. The Kier molecular flexibility index (Phi) is 9.16. The third kappa shape index (κ3) is 6.48. The van der Waals surface area contributed by atoms with Crippen LogP contribution in [0.3, 0.4) is 0 Å². The van der Waals surface area contributed by atoms with Crippen molar-refractivity contribution in [1.29, 1.82) is 0 Å². The smallest absolute Gasteiger partial charge is 0.247 e. The first-order valence-electron chi connectivity index (χ1n) is 13.5. The Bertz CT molecular complexity index is 1130. The normalized spacial score (nSPS) is 23.5. The number of aliphatic hydroxyl groups is 1. The van der Waals surface area contributed by atoms with Gasteiger partial charge >= 0.3 is 0 Å². The molecule has 1 saturated carbocycles. The van der Waals surface area contributed by atoms with Gasteiger partial charge in [0.25, 0.3) is 0 Å². The Hall–Kier alpha value is -2.13. The number of aliphatic hydroxyl groups excluding tert-OH is 1. The van der Waals surface area contributed by atoms with Crippen molar-refractivity contribution in [3.05, 3.63) is 42.5 Å². The van der Waals surface area contributed by atoms with Gasteiger partial charge in [-0.1, -0.05) is 44.4 Å². The van der Waals surface area contributed by atoms with Crippen LogP contribution in [-0.2, 0) is 10.0 Å².